The lowest BCUT2D eigenvalue weighted by atomic mass is 10.1. The summed E-state index contributed by atoms with van der Waals surface area (Å²) in [7, 11) is 0. The summed E-state index contributed by atoms with van der Waals surface area (Å²) in [5.41, 5.74) is 1.39. The van der Waals surface area contributed by atoms with Crippen LogP contribution in [0.3, 0.4) is 0 Å². The van der Waals surface area contributed by atoms with Gasteiger partial charge in [-0.3, -0.25) is 14.4 Å². The Morgan fingerprint density at radius 1 is 1.14 bits per heavy atom. The van der Waals surface area contributed by atoms with Crippen molar-refractivity contribution in [2.24, 2.45) is 0 Å². The van der Waals surface area contributed by atoms with E-state index in [1.54, 1.807) is 19.1 Å². The molecular formula is C15H12N2O5. The van der Waals surface area contributed by atoms with Crippen LogP contribution in [0.2, 0.25) is 0 Å². The normalized spacial score (nSPS) is 14.0. The van der Waals surface area contributed by atoms with Crippen molar-refractivity contribution in [3.63, 3.8) is 0 Å². The Morgan fingerprint density at radius 2 is 1.77 bits per heavy atom. The Hall–Kier alpha value is -3.22. The number of aryl methyl sites for hydroxylation is 1. The molecule has 3 amide bonds. The van der Waals surface area contributed by atoms with Crippen LogP contribution in [0.5, 0.6) is 0 Å². The van der Waals surface area contributed by atoms with Crippen molar-refractivity contribution in [1.82, 2.24) is 0 Å². The van der Waals surface area contributed by atoms with Crippen LogP contribution in [-0.2, 0) is 19.2 Å². The number of anilines is 2. The summed E-state index contributed by atoms with van der Waals surface area (Å²) in [4.78, 5) is 46.3. The number of imide groups is 1. The van der Waals surface area contributed by atoms with Gasteiger partial charge in [0, 0.05) is 30.0 Å². The molecule has 1 aromatic carbocycles. The molecule has 0 spiro atoms. The molecule has 0 radical (unpaired) electrons. The molecule has 0 bridgehead atoms. The van der Waals surface area contributed by atoms with Gasteiger partial charge in [0.1, 0.15) is 0 Å². The minimum Gasteiger partial charge on any atom is -0.478 e. The highest BCUT2D eigenvalue weighted by atomic mass is 16.4. The van der Waals surface area contributed by atoms with E-state index in [0.29, 0.717) is 23.0 Å². The molecule has 112 valence electrons. The minimum absolute atomic E-state index is 0.341. The molecular weight excluding hydrogens is 288 g/mol. The van der Waals surface area contributed by atoms with Crippen molar-refractivity contribution in [1.29, 1.82) is 0 Å². The molecule has 0 aliphatic carbocycles. The third-order valence-corrected chi connectivity index (χ3v) is 2.90. The number of carbonyl (C=O) groups excluding carboxylic acids is 3. The monoisotopic (exact) mass is 300 g/mol. The average Bonchev–Trinajstić information content (AvgIpc) is 2.78. The van der Waals surface area contributed by atoms with Crippen LogP contribution in [0.1, 0.15) is 5.56 Å². The zero-order valence-electron chi connectivity index (χ0n) is 11.6. The largest absolute Gasteiger partial charge is 0.478 e. The number of nitrogens with one attached hydrogen (secondary N) is 1. The fourth-order valence-electron chi connectivity index (χ4n) is 1.90. The van der Waals surface area contributed by atoms with Crippen molar-refractivity contribution in [2.75, 3.05) is 10.2 Å². The van der Waals surface area contributed by atoms with Crippen LogP contribution in [0.4, 0.5) is 11.4 Å². The molecule has 1 aromatic rings. The van der Waals surface area contributed by atoms with Crippen molar-refractivity contribution in [3.8, 4) is 0 Å². The first kappa shape index (κ1) is 15.2. The molecule has 1 aliphatic heterocycles. The highest BCUT2D eigenvalue weighted by Gasteiger charge is 2.26. The molecule has 0 saturated carbocycles. The molecule has 0 unspecified atom stereocenters. The first-order valence-corrected chi connectivity index (χ1v) is 6.27. The number of carboxylic acids is 1. The second kappa shape index (κ2) is 6.04. The third kappa shape index (κ3) is 3.26. The van der Waals surface area contributed by atoms with Crippen LogP contribution >= 0.6 is 0 Å². The van der Waals surface area contributed by atoms with Gasteiger partial charge in [-0.15, -0.1) is 0 Å². The summed E-state index contributed by atoms with van der Waals surface area (Å²) >= 11 is 0. The number of benzene rings is 1. The van der Waals surface area contributed by atoms with Crippen molar-refractivity contribution in [2.45, 2.75) is 6.92 Å². The highest BCUT2D eigenvalue weighted by Crippen LogP contribution is 2.26. The van der Waals surface area contributed by atoms with E-state index in [0.717, 1.165) is 11.0 Å². The Morgan fingerprint density at radius 3 is 2.36 bits per heavy atom. The molecule has 0 fully saturated rings. The average molecular weight is 300 g/mol. The smallest absolute Gasteiger partial charge is 0.328 e. The van der Waals surface area contributed by atoms with Crippen molar-refractivity contribution >= 4 is 35.1 Å². The summed E-state index contributed by atoms with van der Waals surface area (Å²) < 4.78 is 0. The number of hydrogen-bond acceptors (Lipinski definition) is 4. The first-order valence-electron chi connectivity index (χ1n) is 6.27. The van der Waals surface area contributed by atoms with Gasteiger partial charge in [0.2, 0.25) is 5.91 Å². The molecule has 1 heterocycles. The summed E-state index contributed by atoms with van der Waals surface area (Å²) in [6, 6.07) is 4.71. The van der Waals surface area contributed by atoms with Crippen LogP contribution in [0, 0.1) is 6.92 Å². The van der Waals surface area contributed by atoms with Crippen molar-refractivity contribution < 1.29 is 24.3 Å². The number of nitrogens with zero attached hydrogens (tertiary/aromatic N) is 1. The lowest BCUT2D eigenvalue weighted by Crippen LogP contribution is -2.30. The number of carbonyl (C=O) groups is 4. The Labute approximate surface area is 125 Å². The van der Waals surface area contributed by atoms with Crippen molar-refractivity contribution in [3.05, 3.63) is 48.1 Å². The topological polar surface area (TPSA) is 104 Å². The van der Waals surface area contributed by atoms with E-state index in [2.05, 4.69) is 5.32 Å². The van der Waals surface area contributed by atoms with Gasteiger partial charge in [-0.25, -0.2) is 9.69 Å². The Bertz CT molecular complexity index is 715. The summed E-state index contributed by atoms with van der Waals surface area (Å²) in [6.45, 7) is 1.73. The number of aliphatic carboxylic acids is 1. The van der Waals surface area contributed by atoms with E-state index in [4.69, 9.17) is 5.11 Å². The third-order valence-electron chi connectivity index (χ3n) is 2.90. The van der Waals surface area contributed by atoms with Crippen LogP contribution in [0.15, 0.2) is 42.5 Å². The SMILES string of the molecule is Cc1ccc(NC(=O)/C=C/C(=O)O)cc1N1C(=O)C=CC1=O. The summed E-state index contributed by atoms with van der Waals surface area (Å²) in [6.07, 6.45) is 3.92. The Balaban J connectivity index is 2.24. The molecule has 7 nitrogen and oxygen atoms in total. The lowest BCUT2D eigenvalue weighted by molar-refractivity contribution is -0.131. The summed E-state index contributed by atoms with van der Waals surface area (Å²) in [5, 5.41) is 10.9. The number of hydrogen-bond donors (Lipinski definition) is 2. The van der Waals surface area contributed by atoms with Gasteiger partial charge in [-0.05, 0) is 24.6 Å². The van der Waals surface area contributed by atoms with Gasteiger partial charge >= 0.3 is 5.97 Å². The molecule has 0 saturated heterocycles. The maximum Gasteiger partial charge on any atom is 0.328 e. The molecule has 0 aromatic heterocycles. The molecule has 2 N–H and O–H groups in total. The number of amides is 3. The predicted octanol–water partition coefficient (Wildman–Crippen LogP) is 1.00. The standard InChI is InChI=1S/C15H12N2O5/c1-9-2-3-10(16-12(18)4-7-15(21)22)8-11(9)17-13(19)5-6-14(17)20/h2-8H,1H3,(H,16,18)(H,21,22)/b7-4+. The van der Waals surface area contributed by atoms with Gasteiger partial charge in [0.15, 0.2) is 0 Å². The molecule has 2 rings (SSSR count). The van der Waals surface area contributed by atoms with Gasteiger partial charge in [0.25, 0.3) is 11.8 Å². The van der Waals surface area contributed by atoms with E-state index in [9.17, 15) is 19.2 Å². The fourth-order valence-corrected chi connectivity index (χ4v) is 1.90. The maximum absolute atomic E-state index is 11.7. The molecule has 7 heteroatoms. The van der Waals surface area contributed by atoms with Crippen LogP contribution in [-0.4, -0.2) is 28.8 Å². The molecule has 1 aliphatic rings. The zero-order valence-corrected chi connectivity index (χ0v) is 11.6. The van der Waals surface area contributed by atoms with E-state index in [1.807, 2.05) is 0 Å². The van der Waals surface area contributed by atoms with Gasteiger partial charge in [-0.2, -0.15) is 0 Å². The zero-order chi connectivity index (χ0) is 16.3. The fraction of sp³-hybridized carbons (Fsp3) is 0.0667. The predicted molar refractivity (Wildman–Crippen MR) is 78.2 cm³/mol. The minimum atomic E-state index is -1.24. The van der Waals surface area contributed by atoms with Crippen LogP contribution < -0.4 is 10.2 Å². The lowest BCUT2D eigenvalue weighted by Gasteiger charge is -2.17. The maximum atomic E-state index is 11.7. The van der Waals surface area contributed by atoms with Gasteiger partial charge in [0.05, 0.1) is 5.69 Å². The van der Waals surface area contributed by atoms with Gasteiger partial charge < -0.3 is 10.4 Å². The second-order valence-electron chi connectivity index (χ2n) is 4.51. The van der Waals surface area contributed by atoms with E-state index in [1.165, 1.54) is 18.2 Å². The number of rotatable bonds is 4. The first-order chi connectivity index (χ1) is 10.4. The van der Waals surface area contributed by atoms with Crippen LogP contribution in [0.25, 0.3) is 0 Å². The van der Waals surface area contributed by atoms with E-state index < -0.39 is 23.7 Å². The van der Waals surface area contributed by atoms with E-state index in [-0.39, 0.29) is 0 Å². The second-order valence-corrected chi connectivity index (χ2v) is 4.51. The molecule has 0 atom stereocenters. The quantitative estimate of drug-likeness (QED) is 0.638. The van der Waals surface area contributed by atoms with Gasteiger partial charge in [-0.1, -0.05) is 6.07 Å². The number of carboxylic acid groups (broad SMARTS) is 1. The molecule has 22 heavy (non-hydrogen) atoms. The summed E-state index contributed by atoms with van der Waals surface area (Å²) in [5.74, 6) is -2.78. The van der Waals surface area contributed by atoms with E-state index >= 15 is 0 Å². The highest BCUT2D eigenvalue weighted by molar-refractivity contribution is 6.28. The Kier molecular flexibility index (Phi) is 4.17.